The number of nitrogens with zero attached hydrogens (tertiary/aromatic N) is 4. The summed E-state index contributed by atoms with van der Waals surface area (Å²) in [5.41, 5.74) is 7.72. The highest BCUT2D eigenvalue weighted by atomic mass is 16.5. The van der Waals surface area contributed by atoms with E-state index in [-0.39, 0.29) is 0 Å². The molecule has 1 aliphatic rings. The Bertz CT molecular complexity index is 868. The number of methoxy groups -OCH3 is 1. The average molecular weight is 354 g/mol. The van der Waals surface area contributed by atoms with Crippen LogP contribution < -0.4 is 15.8 Å². The van der Waals surface area contributed by atoms with Gasteiger partial charge in [-0.3, -0.25) is 0 Å². The largest absolute Gasteiger partial charge is 0.496 e. The zero-order chi connectivity index (χ0) is 17.9. The van der Waals surface area contributed by atoms with E-state index in [0.717, 1.165) is 24.1 Å². The lowest BCUT2D eigenvalue weighted by atomic mass is 9.96. The van der Waals surface area contributed by atoms with Crippen LogP contribution in [0, 0.1) is 0 Å². The Kier molecular flexibility index (Phi) is 4.47. The van der Waals surface area contributed by atoms with Gasteiger partial charge in [0, 0.05) is 11.8 Å². The molecule has 0 aliphatic heterocycles. The Morgan fingerprint density at radius 3 is 2.85 bits per heavy atom. The molecule has 0 atom stereocenters. The molecule has 1 saturated carbocycles. The second kappa shape index (κ2) is 7.07. The minimum atomic E-state index is 0.343. The van der Waals surface area contributed by atoms with E-state index in [4.69, 9.17) is 14.9 Å². The third-order valence-corrected chi connectivity index (χ3v) is 4.73. The Hall–Kier alpha value is -3.03. The summed E-state index contributed by atoms with van der Waals surface area (Å²) in [6.45, 7) is 0. The van der Waals surface area contributed by atoms with Crippen LogP contribution in [0.5, 0.6) is 5.75 Å². The number of aromatic nitrogens is 4. The van der Waals surface area contributed by atoms with Crippen molar-refractivity contribution in [3.05, 3.63) is 30.8 Å². The van der Waals surface area contributed by atoms with Gasteiger partial charge in [0.15, 0.2) is 12.2 Å². The summed E-state index contributed by atoms with van der Waals surface area (Å²) in [7, 11) is 1.62. The van der Waals surface area contributed by atoms with E-state index in [1.165, 1.54) is 25.7 Å². The van der Waals surface area contributed by atoms with Crippen LogP contribution >= 0.6 is 0 Å². The predicted molar refractivity (Wildman–Crippen MR) is 98.3 cm³/mol. The molecule has 0 unspecified atom stereocenters. The highest BCUT2D eigenvalue weighted by Gasteiger charge is 2.20. The SMILES string of the molecule is COc1cc(Nc2nc(N)n(C3CCCCC3)n2)ccc1-c1cnco1. The number of nitrogens with one attached hydrogen (secondary N) is 1. The third-order valence-electron chi connectivity index (χ3n) is 4.73. The van der Waals surface area contributed by atoms with Crippen molar-refractivity contribution in [2.24, 2.45) is 0 Å². The number of anilines is 3. The standard InChI is InChI=1S/C18H22N6O2/c1-25-15-9-12(7-8-14(15)16-10-20-11-26-16)21-18-22-17(19)24(23-18)13-5-3-2-4-6-13/h7-11,13H,2-6H2,1H3,(H3,19,21,22,23). The number of ether oxygens (including phenoxy) is 1. The first kappa shape index (κ1) is 16.4. The molecule has 0 amide bonds. The van der Waals surface area contributed by atoms with E-state index in [2.05, 4.69) is 20.4 Å². The van der Waals surface area contributed by atoms with E-state index in [1.807, 2.05) is 22.9 Å². The minimum absolute atomic E-state index is 0.343. The van der Waals surface area contributed by atoms with Crippen molar-refractivity contribution in [2.75, 3.05) is 18.2 Å². The van der Waals surface area contributed by atoms with Crippen molar-refractivity contribution < 1.29 is 9.15 Å². The second-order valence-corrected chi connectivity index (χ2v) is 6.44. The maximum Gasteiger partial charge on any atom is 0.248 e. The van der Waals surface area contributed by atoms with Gasteiger partial charge in [-0.25, -0.2) is 9.67 Å². The molecular formula is C18H22N6O2. The number of rotatable bonds is 5. The van der Waals surface area contributed by atoms with Gasteiger partial charge >= 0.3 is 0 Å². The fourth-order valence-corrected chi connectivity index (χ4v) is 3.43. The molecule has 8 heteroatoms. The molecule has 0 spiro atoms. The van der Waals surface area contributed by atoms with E-state index in [1.54, 1.807) is 13.3 Å². The zero-order valence-corrected chi connectivity index (χ0v) is 14.7. The summed E-state index contributed by atoms with van der Waals surface area (Å²) in [6.07, 6.45) is 8.97. The molecule has 1 aromatic carbocycles. The lowest BCUT2D eigenvalue weighted by molar-refractivity contribution is 0.333. The molecule has 26 heavy (non-hydrogen) atoms. The van der Waals surface area contributed by atoms with Crippen LogP contribution in [0.1, 0.15) is 38.1 Å². The van der Waals surface area contributed by atoms with Crippen molar-refractivity contribution >= 4 is 17.6 Å². The van der Waals surface area contributed by atoms with Crippen LogP contribution in [0.4, 0.5) is 17.6 Å². The highest BCUT2D eigenvalue weighted by molar-refractivity contribution is 5.70. The van der Waals surface area contributed by atoms with E-state index < -0.39 is 0 Å². The summed E-state index contributed by atoms with van der Waals surface area (Å²) in [5, 5.41) is 7.76. The Labute approximate surface area is 151 Å². The first-order valence-corrected chi connectivity index (χ1v) is 8.80. The first-order valence-electron chi connectivity index (χ1n) is 8.80. The maximum atomic E-state index is 6.08. The number of benzene rings is 1. The first-order chi connectivity index (χ1) is 12.7. The van der Waals surface area contributed by atoms with E-state index >= 15 is 0 Å². The molecule has 3 aromatic rings. The fraction of sp³-hybridized carbons (Fsp3) is 0.389. The van der Waals surface area contributed by atoms with E-state index in [0.29, 0.717) is 29.4 Å². The topological polar surface area (TPSA) is 104 Å². The van der Waals surface area contributed by atoms with Gasteiger partial charge in [0.05, 0.1) is 24.9 Å². The molecule has 136 valence electrons. The molecule has 1 aliphatic carbocycles. The van der Waals surface area contributed by atoms with Gasteiger partial charge in [0.1, 0.15) is 5.75 Å². The van der Waals surface area contributed by atoms with Gasteiger partial charge in [-0.2, -0.15) is 4.98 Å². The van der Waals surface area contributed by atoms with Gasteiger partial charge in [-0.15, -0.1) is 5.10 Å². The number of oxazole rings is 1. The van der Waals surface area contributed by atoms with Gasteiger partial charge in [-0.05, 0) is 25.0 Å². The molecule has 0 saturated heterocycles. The van der Waals surface area contributed by atoms with Crippen LogP contribution in [0.3, 0.4) is 0 Å². The summed E-state index contributed by atoms with van der Waals surface area (Å²) in [4.78, 5) is 8.30. The number of nitrogen functional groups attached to an aromatic ring is 1. The lowest BCUT2D eigenvalue weighted by Gasteiger charge is -2.21. The van der Waals surface area contributed by atoms with Crippen molar-refractivity contribution in [3.8, 4) is 17.1 Å². The second-order valence-electron chi connectivity index (χ2n) is 6.44. The van der Waals surface area contributed by atoms with Crippen LogP contribution in [-0.4, -0.2) is 26.9 Å². The normalized spacial score (nSPS) is 15.1. The third kappa shape index (κ3) is 3.22. The molecule has 0 bridgehead atoms. The van der Waals surface area contributed by atoms with Crippen molar-refractivity contribution in [2.45, 2.75) is 38.1 Å². The van der Waals surface area contributed by atoms with E-state index in [9.17, 15) is 0 Å². The average Bonchev–Trinajstić information content (AvgIpc) is 3.32. The quantitative estimate of drug-likeness (QED) is 0.718. The zero-order valence-electron chi connectivity index (χ0n) is 14.7. The molecule has 2 heterocycles. The minimum Gasteiger partial charge on any atom is -0.496 e. The van der Waals surface area contributed by atoms with Gasteiger partial charge < -0.3 is 20.2 Å². The Morgan fingerprint density at radius 2 is 2.12 bits per heavy atom. The summed E-state index contributed by atoms with van der Waals surface area (Å²) < 4.78 is 12.7. The maximum absolute atomic E-state index is 6.08. The van der Waals surface area contributed by atoms with Gasteiger partial charge in [0.2, 0.25) is 11.9 Å². The molecule has 2 aromatic heterocycles. The highest BCUT2D eigenvalue weighted by Crippen LogP contribution is 2.33. The van der Waals surface area contributed by atoms with Crippen molar-refractivity contribution in [3.63, 3.8) is 0 Å². The number of hydrogen-bond acceptors (Lipinski definition) is 7. The molecule has 3 N–H and O–H groups in total. The number of hydrogen-bond donors (Lipinski definition) is 2. The molecular weight excluding hydrogens is 332 g/mol. The van der Waals surface area contributed by atoms with Crippen LogP contribution in [0.15, 0.2) is 35.2 Å². The lowest BCUT2D eigenvalue weighted by Crippen LogP contribution is -2.16. The molecule has 0 radical (unpaired) electrons. The predicted octanol–water partition coefficient (Wildman–Crippen LogP) is 3.77. The summed E-state index contributed by atoms with van der Waals surface area (Å²) in [6, 6.07) is 6.03. The van der Waals surface area contributed by atoms with Crippen LogP contribution in [0.2, 0.25) is 0 Å². The number of nitrogens with two attached hydrogens (primary N) is 1. The molecule has 1 fully saturated rings. The summed E-state index contributed by atoms with van der Waals surface area (Å²) in [5.74, 6) is 2.26. The monoisotopic (exact) mass is 354 g/mol. The van der Waals surface area contributed by atoms with Gasteiger partial charge in [-0.1, -0.05) is 19.3 Å². The Morgan fingerprint density at radius 1 is 1.27 bits per heavy atom. The van der Waals surface area contributed by atoms with Gasteiger partial charge in [0.25, 0.3) is 0 Å². The van der Waals surface area contributed by atoms with Crippen molar-refractivity contribution in [1.29, 1.82) is 0 Å². The van der Waals surface area contributed by atoms with Crippen LogP contribution in [-0.2, 0) is 0 Å². The molecule has 4 rings (SSSR count). The Balaban J connectivity index is 1.56. The van der Waals surface area contributed by atoms with Crippen molar-refractivity contribution in [1.82, 2.24) is 19.7 Å². The fourth-order valence-electron chi connectivity index (χ4n) is 3.43. The smallest absolute Gasteiger partial charge is 0.248 e. The summed E-state index contributed by atoms with van der Waals surface area (Å²) >= 11 is 0. The van der Waals surface area contributed by atoms with Crippen LogP contribution in [0.25, 0.3) is 11.3 Å². The molecule has 8 nitrogen and oxygen atoms in total.